The summed E-state index contributed by atoms with van der Waals surface area (Å²) in [5.74, 6) is -0.822. The van der Waals surface area contributed by atoms with Crippen molar-refractivity contribution in [1.82, 2.24) is 0 Å². The van der Waals surface area contributed by atoms with Crippen molar-refractivity contribution in [2.75, 3.05) is 17.3 Å². The first kappa shape index (κ1) is 12.2. The maximum absolute atomic E-state index is 12.3. The monoisotopic (exact) mass is 268 g/mol. The average Bonchev–Trinajstić information content (AvgIpc) is 2.71. The standard InChI is InChI=1S/C15H12N2O3/c1-16-9-2-4-10(5-3-9)17-14(19)12-7-6-11(18)8-13(12)15(17)20/h2-8,16,18H,1H3. The van der Waals surface area contributed by atoms with Gasteiger partial charge in [-0.15, -0.1) is 0 Å². The van der Waals surface area contributed by atoms with Crippen LogP contribution < -0.4 is 10.2 Å². The highest BCUT2D eigenvalue weighted by Crippen LogP contribution is 2.30. The molecular formula is C15H12N2O3. The molecule has 0 atom stereocenters. The number of phenolic OH excluding ortho intramolecular Hbond substituents is 1. The van der Waals surface area contributed by atoms with Gasteiger partial charge in [-0.2, -0.15) is 0 Å². The molecular weight excluding hydrogens is 256 g/mol. The number of imide groups is 1. The van der Waals surface area contributed by atoms with Gasteiger partial charge < -0.3 is 10.4 Å². The van der Waals surface area contributed by atoms with Crippen LogP contribution in [0.4, 0.5) is 11.4 Å². The van der Waals surface area contributed by atoms with Crippen LogP contribution in [0.25, 0.3) is 0 Å². The van der Waals surface area contributed by atoms with Gasteiger partial charge >= 0.3 is 0 Å². The fourth-order valence-corrected chi connectivity index (χ4v) is 2.24. The summed E-state index contributed by atoms with van der Waals surface area (Å²) >= 11 is 0. The molecule has 2 N–H and O–H groups in total. The van der Waals surface area contributed by atoms with Crippen molar-refractivity contribution < 1.29 is 14.7 Å². The van der Waals surface area contributed by atoms with Crippen LogP contribution in [0.15, 0.2) is 42.5 Å². The molecule has 2 aromatic rings. The predicted molar refractivity (Wildman–Crippen MR) is 75.2 cm³/mol. The third-order valence-corrected chi connectivity index (χ3v) is 3.28. The van der Waals surface area contributed by atoms with E-state index in [1.54, 1.807) is 31.3 Å². The molecule has 100 valence electrons. The highest BCUT2D eigenvalue weighted by Gasteiger charge is 2.36. The van der Waals surface area contributed by atoms with Crippen LogP contribution in [0.5, 0.6) is 5.75 Å². The van der Waals surface area contributed by atoms with E-state index in [-0.39, 0.29) is 17.2 Å². The Morgan fingerprint density at radius 3 is 2.25 bits per heavy atom. The molecule has 0 saturated carbocycles. The largest absolute Gasteiger partial charge is 0.508 e. The second kappa shape index (κ2) is 4.38. The van der Waals surface area contributed by atoms with E-state index in [0.29, 0.717) is 11.3 Å². The normalized spacial score (nSPS) is 13.6. The van der Waals surface area contributed by atoms with E-state index < -0.39 is 5.91 Å². The van der Waals surface area contributed by atoms with E-state index in [0.717, 1.165) is 10.6 Å². The summed E-state index contributed by atoms with van der Waals surface area (Å²) in [6, 6.07) is 11.2. The van der Waals surface area contributed by atoms with Gasteiger partial charge in [-0.05, 0) is 42.5 Å². The van der Waals surface area contributed by atoms with Crippen LogP contribution in [0.2, 0.25) is 0 Å². The van der Waals surface area contributed by atoms with Crippen molar-refractivity contribution >= 4 is 23.2 Å². The Bertz CT molecular complexity index is 708. The van der Waals surface area contributed by atoms with E-state index in [1.807, 2.05) is 0 Å². The number of nitrogens with zero attached hydrogens (tertiary/aromatic N) is 1. The number of fused-ring (bicyclic) bond motifs is 1. The van der Waals surface area contributed by atoms with Gasteiger partial charge in [0.1, 0.15) is 5.75 Å². The number of carbonyl (C=O) groups is 2. The number of rotatable bonds is 2. The minimum absolute atomic E-state index is 0.0303. The average molecular weight is 268 g/mol. The summed E-state index contributed by atoms with van der Waals surface area (Å²) in [5, 5.41) is 12.4. The number of anilines is 2. The first-order chi connectivity index (χ1) is 9.61. The SMILES string of the molecule is CNc1ccc(N2C(=O)c3ccc(O)cc3C2=O)cc1. The highest BCUT2D eigenvalue weighted by atomic mass is 16.3. The maximum atomic E-state index is 12.3. The molecule has 1 aliphatic heterocycles. The van der Waals surface area contributed by atoms with Crippen LogP contribution in [-0.2, 0) is 0 Å². The minimum atomic E-state index is -0.418. The summed E-state index contributed by atoms with van der Waals surface area (Å²) in [4.78, 5) is 25.7. The van der Waals surface area contributed by atoms with Crippen LogP contribution in [0, 0.1) is 0 Å². The summed E-state index contributed by atoms with van der Waals surface area (Å²) in [6.45, 7) is 0. The molecule has 1 aliphatic rings. The number of hydrogen-bond donors (Lipinski definition) is 2. The van der Waals surface area contributed by atoms with Gasteiger partial charge in [0.15, 0.2) is 0 Å². The number of amides is 2. The molecule has 0 bridgehead atoms. The number of nitrogens with one attached hydrogen (secondary N) is 1. The lowest BCUT2D eigenvalue weighted by Crippen LogP contribution is -2.29. The zero-order valence-electron chi connectivity index (χ0n) is 10.8. The lowest BCUT2D eigenvalue weighted by molar-refractivity contribution is 0.0926. The fraction of sp³-hybridized carbons (Fsp3) is 0.0667. The van der Waals surface area contributed by atoms with Gasteiger partial charge in [0.25, 0.3) is 11.8 Å². The number of benzene rings is 2. The Morgan fingerprint density at radius 2 is 1.60 bits per heavy atom. The van der Waals surface area contributed by atoms with Gasteiger partial charge in [0.05, 0.1) is 16.8 Å². The van der Waals surface area contributed by atoms with E-state index in [4.69, 9.17) is 0 Å². The first-order valence-corrected chi connectivity index (χ1v) is 6.11. The number of aromatic hydroxyl groups is 1. The fourth-order valence-electron chi connectivity index (χ4n) is 2.24. The molecule has 0 fully saturated rings. The zero-order valence-corrected chi connectivity index (χ0v) is 10.8. The Kier molecular flexibility index (Phi) is 2.68. The summed E-state index contributed by atoms with van der Waals surface area (Å²) in [5.41, 5.74) is 1.94. The second-order valence-corrected chi connectivity index (χ2v) is 4.47. The van der Waals surface area contributed by atoms with Gasteiger partial charge in [0, 0.05) is 12.7 Å². The molecule has 1 heterocycles. The van der Waals surface area contributed by atoms with E-state index in [9.17, 15) is 14.7 Å². The predicted octanol–water partition coefficient (Wildman–Crippen LogP) is 2.23. The van der Waals surface area contributed by atoms with Gasteiger partial charge in [-0.1, -0.05) is 0 Å². The van der Waals surface area contributed by atoms with Gasteiger partial charge in [-0.3, -0.25) is 9.59 Å². The smallest absolute Gasteiger partial charge is 0.266 e. The van der Waals surface area contributed by atoms with Crippen molar-refractivity contribution in [2.45, 2.75) is 0 Å². The topological polar surface area (TPSA) is 69.6 Å². The molecule has 5 heteroatoms. The van der Waals surface area contributed by atoms with Crippen LogP contribution in [0.1, 0.15) is 20.7 Å². The van der Waals surface area contributed by atoms with E-state index in [2.05, 4.69) is 5.32 Å². The second-order valence-electron chi connectivity index (χ2n) is 4.47. The lowest BCUT2D eigenvalue weighted by Gasteiger charge is -2.14. The summed E-state index contributed by atoms with van der Waals surface area (Å²) < 4.78 is 0. The Morgan fingerprint density at radius 1 is 0.950 bits per heavy atom. The molecule has 0 saturated heterocycles. The van der Waals surface area contributed by atoms with Crippen molar-refractivity contribution in [2.24, 2.45) is 0 Å². The molecule has 2 amide bonds. The molecule has 0 aliphatic carbocycles. The van der Waals surface area contributed by atoms with Crippen LogP contribution >= 0.6 is 0 Å². The summed E-state index contributed by atoms with van der Waals surface area (Å²) in [6.07, 6.45) is 0. The minimum Gasteiger partial charge on any atom is -0.508 e. The lowest BCUT2D eigenvalue weighted by atomic mass is 10.1. The third kappa shape index (κ3) is 1.72. The quantitative estimate of drug-likeness (QED) is 0.819. The van der Waals surface area contributed by atoms with Gasteiger partial charge in [-0.25, -0.2) is 4.90 Å². The number of carbonyl (C=O) groups excluding carboxylic acids is 2. The van der Waals surface area contributed by atoms with Crippen molar-refractivity contribution in [3.05, 3.63) is 53.6 Å². The van der Waals surface area contributed by atoms with E-state index in [1.165, 1.54) is 18.2 Å². The Labute approximate surface area is 115 Å². The molecule has 3 rings (SSSR count). The molecule has 20 heavy (non-hydrogen) atoms. The third-order valence-electron chi connectivity index (χ3n) is 3.28. The van der Waals surface area contributed by atoms with Crippen LogP contribution in [-0.4, -0.2) is 24.0 Å². The Hall–Kier alpha value is -2.82. The number of phenols is 1. The van der Waals surface area contributed by atoms with E-state index >= 15 is 0 Å². The maximum Gasteiger partial charge on any atom is 0.266 e. The molecule has 5 nitrogen and oxygen atoms in total. The molecule has 0 radical (unpaired) electrons. The molecule has 0 spiro atoms. The number of hydrogen-bond acceptors (Lipinski definition) is 4. The zero-order chi connectivity index (χ0) is 14.3. The summed E-state index contributed by atoms with van der Waals surface area (Å²) in [7, 11) is 1.79. The van der Waals surface area contributed by atoms with Gasteiger partial charge in [0.2, 0.25) is 0 Å². The molecule has 2 aromatic carbocycles. The van der Waals surface area contributed by atoms with Crippen molar-refractivity contribution in [3.8, 4) is 5.75 Å². The molecule has 0 aromatic heterocycles. The molecule has 0 unspecified atom stereocenters. The first-order valence-electron chi connectivity index (χ1n) is 6.11. The Balaban J connectivity index is 2.04. The van der Waals surface area contributed by atoms with Crippen LogP contribution in [0.3, 0.4) is 0 Å². The van der Waals surface area contributed by atoms with Crippen molar-refractivity contribution in [1.29, 1.82) is 0 Å². The van der Waals surface area contributed by atoms with Crippen molar-refractivity contribution in [3.63, 3.8) is 0 Å². The highest BCUT2D eigenvalue weighted by molar-refractivity contribution is 6.34.